The van der Waals surface area contributed by atoms with Crippen LogP contribution in [-0.2, 0) is 4.79 Å². The molecule has 4 N–H and O–H groups in total. The largest absolute Gasteiger partial charge is 0.369 e. The molecule has 0 fully saturated rings. The van der Waals surface area contributed by atoms with Gasteiger partial charge < -0.3 is 11.1 Å². The minimum Gasteiger partial charge on any atom is -0.369 e. The predicted molar refractivity (Wildman–Crippen MR) is 57.1 cm³/mol. The normalized spacial score (nSPS) is 12.9. The van der Waals surface area contributed by atoms with Gasteiger partial charge in [0.25, 0.3) is 0 Å². The minimum absolute atomic E-state index is 0.0529. The van der Waals surface area contributed by atoms with E-state index in [9.17, 15) is 4.79 Å². The summed E-state index contributed by atoms with van der Waals surface area (Å²) >= 11 is 0. The lowest BCUT2D eigenvalue weighted by Gasteiger charge is -2.06. The Morgan fingerprint density at radius 3 is 2.64 bits per heavy atom. The minimum atomic E-state index is 0.0529. The van der Waals surface area contributed by atoms with Crippen LogP contribution in [0.15, 0.2) is 29.2 Å². The van der Waals surface area contributed by atoms with Crippen LogP contribution >= 0.6 is 0 Å². The van der Waals surface area contributed by atoms with E-state index in [0.717, 1.165) is 12.0 Å². The Bertz CT molecular complexity index is 268. The van der Waals surface area contributed by atoms with Gasteiger partial charge >= 0.3 is 0 Å². The summed E-state index contributed by atoms with van der Waals surface area (Å²) in [6.45, 7) is 7.44. The van der Waals surface area contributed by atoms with Gasteiger partial charge in [-0.15, -0.1) is 0 Å². The molecule has 0 saturated carbocycles. The molecule has 0 atom stereocenters. The van der Waals surface area contributed by atoms with Gasteiger partial charge in [-0.2, -0.15) is 4.99 Å². The maximum absolute atomic E-state index is 10.1. The Morgan fingerprint density at radius 1 is 1.57 bits per heavy atom. The standard InChI is InChI=1S/C9H16N4O/c1-4-7(3)8(11-5-2)13-9(10)12-6-14/h5-6,11H,2,4H2,1,3H3,(H3,10,12,13,14)/b8-7+. The fourth-order valence-electron chi connectivity index (χ4n) is 0.728. The molecule has 5 nitrogen and oxygen atoms in total. The first-order valence-corrected chi connectivity index (χ1v) is 4.27. The number of carbonyl (C=O) groups excluding carboxylic acids is 1. The van der Waals surface area contributed by atoms with Gasteiger partial charge in [0.1, 0.15) is 5.82 Å². The molecule has 78 valence electrons. The van der Waals surface area contributed by atoms with E-state index in [1.807, 2.05) is 13.8 Å². The van der Waals surface area contributed by atoms with E-state index in [1.54, 1.807) is 0 Å². The molecule has 0 aliphatic carbocycles. The number of nitrogens with zero attached hydrogens (tertiary/aromatic N) is 1. The molecule has 0 heterocycles. The van der Waals surface area contributed by atoms with Crippen LogP contribution in [0.25, 0.3) is 0 Å². The number of carbonyl (C=O) groups is 1. The number of allylic oxidation sites excluding steroid dienone is 1. The average Bonchev–Trinajstić information content (AvgIpc) is 2.16. The molecule has 0 radical (unpaired) electrons. The van der Waals surface area contributed by atoms with Crippen molar-refractivity contribution in [2.24, 2.45) is 10.7 Å². The summed E-state index contributed by atoms with van der Waals surface area (Å²) in [5, 5.41) is 5.09. The number of rotatable bonds is 5. The molecule has 14 heavy (non-hydrogen) atoms. The fraction of sp³-hybridized carbons (Fsp3) is 0.333. The number of guanidine groups is 1. The second-order valence-corrected chi connectivity index (χ2v) is 2.59. The van der Waals surface area contributed by atoms with Crippen LogP contribution in [0.5, 0.6) is 0 Å². The number of aliphatic imine (C=N–C) groups is 1. The van der Waals surface area contributed by atoms with E-state index >= 15 is 0 Å². The molecule has 0 spiro atoms. The molecule has 0 bridgehead atoms. The van der Waals surface area contributed by atoms with Gasteiger partial charge in [-0.3, -0.25) is 10.1 Å². The molecule has 0 saturated heterocycles. The van der Waals surface area contributed by atoms with E-state index in [4.69, 9.17) is 5.73 Å². The van der Waals surface area contributed by atoms with Gasteiger partial charge in [-0.25, -0.2) is 0 Å². The predicted octanol–water partition coefficient (Wildman–Crippen LogP) is 0.422. The highest BCUT2D eigenvalue weighted by molar-refractivity contribution is 5.87. The van der Waals surface area contributed by atoms with Gasteiger partial charge in [-0.05, 0) is 25.1 Å². The zero-order valence-electron chi connectivity index (χ0n) is 8.50. The van der Waals surface area contributed by atoms with Crippen molar-refractivity contribution in [1.82, 2.24) is 10.6 Å². The molecule has 0 aliphatic rings. The average molecular weight is 196 g/mol. The Kier molecular flexibility index (Phi) is 5.85. The van der Waals surface area contributed by atoms with Crippen LogP contribution in [0, 0.1) is 0 Å². The van der Waals surface area contributed by atoms with Crippen molar-refractivity contribution in [3.05, 3.63) is 24.2 Å². The number of nitrogens with one attached hydrogen (secondary N) is 2. The third-order valence-corrected chi connectivity index (χ3v) is 1.61. The summed E-state index contributed by atoms with van der Waals surface area (Å²) in [5.41, 5.74) is 6.44. The summed E-state index contributed by atoms with van der Waals surface area (Å²) in [4.78, 5) is 14.0. The first-order chi connectivity index (χ1) is 6.65. The number of nitrogens with two attached hydrogens (primary N) is 1. The van der Waals surface area contributed by atoms with E-state index in [2.05, 4.69) is 22.2 Å². The van der Waals surface area contributed by atoms with Crippen molar-refractivity contribution in [1.29, 1.82) is 0 Å². The van der Waals surface area contributed by atoms with Crippen LogP contribution < -0.4 is 16.4 Å². The van der Waals surface area contributed by atoms with E-state index in [0.29, 0.717) is 12.2 Å². The molecule has 0 rings (SSSR count). The van der Waals surface area contributed by atoms with Gasteiger partial charge in [0.2, 0.25) is 12.4 Å². The van der Waals surface area contributed by atoms with Crippen LogP contribution in [0.1, 0.15) is 20.3 Å². The highest BCUT2D eigenvalue weighted by Gasteiger charge is 1.98. The molecule has 0 aromatic heterocycles. The molecular formula is C9H16N4O. The zero-order valence-corrected chi connectivity index (χ0v) is 8.50. The third kappa shape index (κ3) is 4.30. The summed E-state index contributed by atoms with van der Waals surface area (Å²) < 4.78 is 0. The van der Waals surface area contributed by atoms with Crippen molar-refractivity contribution in [3.8, 4) is 0 Å². The molecule has 0 unspecified atom stereocenters. The van der Waals surface area contributed by atoms with Gasteiger partial charge in [0.05, 0.1) is 0 Å². The van der Waals surface area contributed by atoms with Crippen LogP contribution in [-0.4, -0.2) is 12.4 Å². The highest BCUT2D eigenvalue weighted by Crippen LogP contribution is 2.05. The van der Waals surface area contributed by atoms with E-state index in [-0.39, 0.29) is 5.96 Å². The van der Waals surface area contributed by atoms with Crippen molar-refractivity contribution in [2.45, 2.75) is 20.3 Å². The Balaban J connectivity index is 4.75. The van der Waals surface area contributed by atoms with Crippen molar-refractivity contribution in [2.75, 3.05) is 0 Å². The molecule has 0 aromatic rings. The smallest absolute Gasteiger partial charge is 0.213 e. The zero-order chi connectivity index (χ0) is 11.0. The first kappa shape index (κ1) is 12.2. The van der Waals surface area contributed by atoms with Crippen molar-refractivity contribution in [3.63, 3.8) is 0 Å². The quantitative estimate of drug-likeness (QED) is 0.339. The summed E-state index contributed by atoms with van der Waals surface area (Å²) in [6, 6.07) is 0. The fourth-order valence-corrected chi connectivity index (χ4v) is 0.728. The Morgan fingerprint density at radius 2 is 2.21 bits per heavy atom. The molecule has 1 amide bonds. The maximum Gasteiger partial charge on any atom is 0.213 e. The Hall–Kier alpha value is -1.78. The van der Waals surface area contributed by atoms with Crippen molar-refractivity contribution < 1.29 is 4.79 Å². The lowest BCUT2D eigenvalue weighted by Crippen LogP contribution is -2.31. The van der Waals surface area contributed by atoms with Crippen LogP contribution in [0.3, 0.4) is 0 Å². The molecule has 0 aromatic carbocycles. The van der Waals surface area contributed by atoms with Gasteiger partial charge in [-0.1, -0.05) is 13.5 Å². The SMILES string of the molecule is C=CN/C(N=C(N)NC=O)=C(/C)CC. The van der Waals surface area contributed by atoms with Crippen molar-refractivity contribution >= 4 is 12.4 Å². The lowest BCUT2D eigenvalue weighted by atomic mass is 10.2. The first-order valence-electron chi connectivity index (χ1n) is 4.27. The van der Waals surface area contributed by atoms with Gasteiger partial charge in [0, 0.05) is 0 Å². The summed E-state index contributed by atoms with van der Waals surface area (Å²) in [7, 11) is 0. The monoisotopic (exact) mass is 196 g/mol. The summed E-state index contributed by atoms with van der Waals surface area (Å²) in [5.74, 6) is 0.659. The maximum atomic E-state index is 10.1. The highest BCUT2D eigenvalue weighted by atomic mass is 16.1. The molecule has 5 heteroatoms. The second-order valence-electron chi connectivity index (χ2n) is 2.59. The number of amides is 1. The van der Waals surface area contributed by atoms with E-state index in [1.165, 1.54) is 6.20 Å². The van der Waals surface area contributed by atoms with Gasteiger partial charge in [0.15, 0.2) is 0 Å². The van der Waals surface area contributed by atoms with E-state index < -0.39 is 0 Å². The summed E-state index contributed by atoms with van der Waals surface area (Å²) in [6.07, 6.45) is 2.83. The second kappa shape index (κ2) is 6.71. The topological polar surface area (TPSA) is 79.5 Å². The van der Waals surface area contributed by atoms with Crippen LogP contribution in [0.2, 0.25) is 0 Å². The lowest BCUT2D eigenvalue weighted by molar-refractivity contribution is -0.108. The number of hydrogen-bond acceptors (Lipinski definition) is 3. The Labute approximate surface area is 83.8 Å². The molecule has 0 aliphatic heterocycles. The van der Waals surface area contributed by atoms with Crippen LogP contribution in [0.4, 0.5) is 0 Å². The number of hydrogen-bond donors (Lipinski definition) is 3. The molecular weight excluding hydrogens is 180 g/mol. The third-order valence-electron chi connectivity index (χ3n) is 1.61.